The fraction of sp³-hybridized carbons (Fsp3) is 0.312. The van der Waals surface area contributed by atoms with Gasteiger partial charge in [0.05, 0.1) is 24.1 Å². The van der Waals surface area contributed by atoms with Gasteiger partial charge in [-0.15, -0.1) is 5.10 Å². The first-order chi connectivity index (χ1) is 11.4. The maximum Gasteiger partial charge on any atom is 0.416 e. The van der Waals surface area contributed by atoms with Gasteiger partial charge >= 0.3 is 6.18 Å². The van der Waals surface area contributed by atoms with E-state index in [0.29, 0.717) is 0 Å². The molecule has 1 aliphatic carbocycles. The molecule has 24 heavy (non-hydrogen) atoms. The van der Waals surface area contributed by atoms with Crippen molar-refractivity contribution >= 4 is 11.6 Å². The number of rotatable bonds is 3. The Labute approximate surface area is 135 Å². The number of carbonyl (C=O) groups is 1. The van der Waals surface area contributed by atoms with Crippen LogP contribution in [-0.2, 0) is 19.0 Å². The van der Waals surface area contributed by atoms with Gasteiger partial charge in [-0.1, -0.05) is 0 Å². The molecule has 0 aliphatic heterocycles. The molecule has 0 radical (unpaired) electrons. The predicted molar refractivity (Wildman–Crippen MR) is 80.0 cm³/mol. The van der Waals surface area contributed by atoms with E-state index in [1.54, 1.807) is 6.07 Å². The summed E-state index contributed by atoms with van der Waals surface area (Å²) < 4.78 is 43.5. The van der Waals surface area contributed by atoms with Crippen molar-refractivity contribution in [2.24, 2.45) is 0 Å². The lowest BCUT2D eigenvalue weighted by molar-refractivity contribution is -0.137. The van der Waals surface area contributed by atoms with Crippen LogP contribution in [0.4, 0.5) is 18.9 Å². The first kappa shape index (κ1) is 16.2. The second-order valence-corrected chi connectivity index (χ2v) is 5.42. The second kappa shape index (κ2) is 6.10. The molecule has 2 aromatic rings. The molecular formula is C16H14F3N3O2. The van der Waals surface area contributed by atoms with Crippen LogP contribution in [0.25, 0.3) is 0 Å². The van der Waals surface area contributed by atoms with Crippen molar-refractivity contribution in [3.63, 3.8) is 0 Å². The standard InChI is InChI=1S/C16H14F3N3O2/c1-24-14-6-5-10(16(17,18)19)8-12(14)20-15(23)13-7-9-3-2-4-11(9)21-22-13/h5-8H,2-4H2,1H3,(H,20,23). The van der Waals surface area contributed by atoms with Crippen LogP contribution in [0.2, 0.25) is 0 Å². The van der Waals surface area contributed by atoms with Gasteiger partial charge in [0, 0.05) is 0 Å². The third-order valence-electron chi connectivity index (χ3n) is 3.83. The maximum absolute atomic E-state index is 12.8. The van der Waals surface area contributed by atoms with E-state index in [9.17, 15) is 18.0 Å². The SMILES string of the molecule is COc1ccc(C(F)(F)F)cc1NC(=O)c1cc2c(nn1)CCC2. The smallest absolute Gasteiger partial charge is 0.416 e. The summed E-state index contributed by atoms with van der Waals surface area (Å²) in [6.07, 6.45) is -1.92. The molecule has 0 saturated heterocycles. The van der Waals surface area contributed by atoms with Gasteiger partial charge in [-0.3, -0.25) is 4.79 Å². The second-order valence-electron chi connectivity index (χ2n) is 5.42. The number of benzene rings is 1. The lowest BCUT2D eigenvalue weighted by Crippen LogP contribution is -2.16. The molecule has 0 atom stereocenters. The van der Waals surface area contributed by atoms with E-state index in [2.05, 4.69) is 15.5 Å². The van der Waals surface area contributed by atoms with Crippen LogP contribution in [0.5, 0.6) is 5.75 Å². The Morgan fingerprint density at radius 3 is 2.71 bits per heavy atom. The molecule has 1 aliphatic rings. The number of nitrogens with zero attached hydrogens (tertiary/aromatic N) is 2. The number of carbonyl (C=O) groups excluding carboxylic acids is 1. The number of anilines is 1. The van der Waals surface area contributed by atoms with Crippen molar-refractivity contribution in [1.82, 2.24) is 10.2 Å². The number of aryl methyl sites for hydroxylation is 2. The Kier molecular flexibility index (Phi) is 4.13. The van der Waals surface area contributed by atoms with Crippen LogP contribution in [-0.4, -0.2) is 23.2 Å². The molecule has 1 heterocycles. The quantitative estimate of drug-likeness (QED) is 0.934. The fourth-order valence-electron chi connectivity index (χ4n) is 2.61. The number of amides is 1. The summed E-state index contributed by atoms with van der Waals surface area (Å²) in [7, 11) is 1.31. The minimum Gasteiger partial charge on any atom is -0.495 e. The number of nitrogens with one attached hydrogen (secondary N) is 1. The highest BCUT2D eigenvalue weighted by molar-refractivity contribution is 6.03. The topological polar surface area (TPSA) is 64.1 Å². The molecule has 0 saturated carbocycles. The van der Waals surface area contributed by atoms with Crippen LogP contribution in [0.1, 0.15) is 33.7 Å². The van der Waals surface area contributed by atoms with Gasteiger partial charge in [-0.05, 0) is 49.1 Å². The van der Waals surface area contributed by atoms with Gasteiger partial charge in [-0.2, -0.15) is 18.3 Å². The Balaban J connectivity index is 1.88. The zero-order valence-corrected chi connectivity index (χ0v) is 12.8. The van der Waals surface area contributed by atoms with E-state index in [1.807, 2.05) is 0 Å². The Morgan fingerprint density at radius 2 is 2.00 bits per heavy atom. The number of alkyl halides is 3. The number of halogens is 3. The van der Waals surface area contributed by atoms with E-state index in [1.165, 1.54) is 7.11 Å². The van der Waals surface area contributed by atoms with Crippen molar-refractivity contribution < 1.29 is 22.7 Å². The first-order valence-corrected chi connectivity index (χ1v) is 7.30. The van der Waals surface area contributed by atoms with Gasteiger partial charge in [0.1, 0.15) is 5.75 Å². The molecular weight excluding hydrogens is 323 g/mol. The summed E-state index contributed by atoms with van der Waals surface area (Å²) >= 11 is 0. The largest absolute Gasteiger partial charge is 0.495 e. The van der Waals surface area contributed by atoms with Gasteiger partial charge < -0.3 is 10.1 Å². The summed E-state index contributed by atoms with van der Waals surface area (Å²) in [5, 5.41) is 10.3. The first-order valence-electron chi connectivity index (χ1n) is 7.30. The highest BCUT2D eigenvalue weighted by atomic mass is 19.4. The van der Waals surface area contributed by atoms with Gasteiger partial charge in [0.2, 0.25) is 0 Å². The third kappa shape index (κ3) is 3.17. The molecule has 1 amide bonds. The molecule has 1 N–H and O–H groups in total. The lowest BCUT2D eigenvalue weighted by atomic mass is 10.1. The van der Waals surface area contributed by atoms with E-state index < -0.39 is 17.6 Å². The number of methoxy groups -OCH3 is 1. The van der Waals surface area contributed by atoms with Gasteiger partial charge in [0.25, 0.3) is 5.91 Å². The van der Waals surface area contributed by atoms with Crippen molar-refractivity contribution in [2.75, 3.05) is 12.4 Å². The monoisotopic (exact) mass is 337 g/mol. The van der Waals surface area contributed by atoms with E-state index in [4.69, 9.17) is 4.74 Å². The molecule has 5 nitrogen and oxygen atoms in total. The molecule has 0 fully saturated rings. The van der Waals surface area contributed by atoms with Crippen LogP contribution >= 0.6 is 0 Å². The van der Waals surface area contributed by atoms with Crippen LogP contribution in [0.15, 0.2) is 24.3 Å². The fourth-order valence-corrected chi connectivity index (χ4v) is 2.61. The predicted octanol–water partition coefficient (Wildman–Crippen LogP) is 3.25. The zero-order valence-electron chi connectivity index (χ0n) is 12.8. The lowest BCUT2D eigenvalue weighted by Gasteiger charge is -2.13. The Morgan fingerprint density at radius 1 is 1.21 bits per heavy atom. The summed E-state index contributed by atoms with van der Waals surface area (Å²) in [5.41, 5.74) is 0.933. The average molecular weight is 337 g/mol. The third-order valence-corrected chi connectivity index (χ3v) is 3.83. The molecule has 0 bridgehead atoms. The number of aromatic nitrogens is 2. The summed E-state index contributed by atoms with van der Waals surface area (Å²) in [5.74, 6) is -0.500. The van der Waals surface area contributed by atoms with Crippen molar-refractivity contribution in [3.8, 4) is 5.75 Å². The molecule has 126 valence electrons. The summed E-state index contributed by atoms with van der Waals surface area (Å²) in [4.78, 5) is 12.3. The highest BCUT2D eigenvalue weighted by Crippen LogP contribution is 2.35. The summed E-state index contributed by atoms with van der Waals surface area (Å²) in [6.45, 7) is 0. The number of hydrogen-bond acceptors (Lipinski definition) is 4. The molecule has 1 aromatic carbocycles. The van der Waals surface area contributed by atoms with Crippen molar-refractivity contribution in [3.05, 3.63) is 46.8 Å². The molecule has 3 rings (SSSR count). The normalized spacial score (nSPS) is 13.5. The summed E-state index contributed by atoms with van der Waals surface area (Å²) in [6, 6.07) is 4.51. The number of hydrogen-bond donors (Lipinski definition) is 1. The van der Waals surface area contributed by atoms with E-state index in [-0.39, 0.29) is 17.1 Å². The number of fused-ring (bicyclic) bond motifs is 1. The van der Waals surface area contributed by atoms with Gasteiger partial charge in [-0.25, -0.2) is 0 Å². The van der Waals surface area contributed by atoms with E-state index in [0.717, 1.165) is 48.7 Å². The Hall–Kier alpha value is -2.64. The molecule has 8 heteroatoms. The average Bonchev–Trinajstić information content (AvgIpc) is 3.01. The van der Waals surface area contributed by atoms with Gasteiger partial charge in [0.15, 0.2) is 5.69 Å². The minimum absolute atomic E-state index is 0.0649. The molecule has 1 aromatic heterocycles. The van der Waals surface area contributed by atoms with Crippen LogP contribution in [0.3, 0.4) is 0 Å². The minimum atomic E-state index is -4.51. The molecule has 0 spiro atoms. The molecule has 0 unspecified atom stereocenters. The zero-order chi connectivity index (χ0) is 17.3. The highest BCUT2D eigenvalue weighted by Gasteiger charge is 2.31. The van der Waals surface area contributed by atoms with Crippen LogP contribution < -0.4 is 10.1 Å². The van der Waals surface area contributed by atoms with Crippen molar-refractivity contribution in [2.45, 2.75) is 25.4 Å². The van der Waals surface area contributed by atoms with Crippen molar-refractivity contribution in [1.29, 1.82) is 0 Å². The van der Waals surface area contributed by atoms with E-state index >= 15 is 0 Å². The Bertz CT molecular complexity index is 791. The number of ether oxygens (including phenoxy) is 1. The maximum atomic E-state index is 12.8. The van der Waals surface area contributed by atoms with Crippen LogP contribution in [0, 0.1) is 0 Å².